The average Bonchev–Trinajstić information content (AvgIpc) is 4.24. The van der Waals surface area contributed by atoms with E-state index in [9.17, 15) is 43.8 Å². The third-order valence-electron chi connectivity index (χ3n) is 15.4. The fraction of sp³-hybridized carbons (Fsp3) is 0.339. The summed E-state index contributed by atoms with van der Waals surface area (Å²) in [6.45, 7) is -0.900. The van der Waals surface area contributed by atoms with Gasteiger partial charge in [0.25, 0.3) is 0 Å². The van der Waals surface area contributed by atoms with E-state index in [2.05, 4.69) is 97.4 Å². The van der Waals surface area contributed by atoms with Crippen molar-refractivity contribution in [3.63, 3.8) is 0 Å². The number of benzene rings is 3. The van der Waals surface area contributed by atoms with E-state index in [0.29, 0.717) is 50.8 Å². The van der Waals surface area contributed by atoms with Crippen LogP contribution in [0.25, 0.3) is 32.7 Å². The Morgan fingerprint density at radius 3 is 1.33 bits per heavy atom. The number of carbonyl (C=O) groups is 9. The Morgan fingerprint density at radius 1 is 0.523 bits per heavy atom. The molecule has 0 aliphatic carbocycles. The summed E-state index contributed by atoms with van der Waals surface area (Å²) in [7, 11) is 0. The van der Waals surface area contributed by atoms with E-state index in [1.165, 1.54) is 29.9 Å². The number of para-hydroxylation sites is 3. The first-order chi connectivity index (χ1) is 42.5. The maximum atomic E-state index is 15.2. The minimum atomic E-state index is -1.76. The lowest BCUT2D eigenvalue weighted by atomic mass is 10.0. The number of H-pyrrole nitrogens is 5. The first-order valence-electron chi connectivity index (χ1n) is 28.4. The number of likely N-dealkylation sites (tertiary alicyclic amines) is 1. The average molecular weight is 1240 g/mol. The second-order valence-electron chi connectivity index (χ2n) is 21.4. The molecule has 1 saturated heterocycles. The summed E-state index contributed by atoms with van der Waals surface area (Å²) in [4.78, 5) is 152. The lowest BCUT2D eigenvalue weighted by Gasteiger charge is -2.30. The monoisotopic (exact) mass is 1240 g/mol. The van der Waals surface area contributed by atoms with Crippen molar-refractivity contribution in [2.45, 2.75) is 99.3 Å². The van der Waals surface area contributed by atoms with Gasteiger partial charge in [-0.05, 0) is 47.7 Å². The third kappa shape index (κ3) is 15.4. The number of nitrogens with zero attached hydrogens (tertiary/aromatic N) is 3. The van der Waals surface area contributed by atoms with E-state index in [1.54, 1.807) is 48.9 Å². The van der Waals surface area contributed by atoms with Gasteiger partial charge in [0.1, 0.15) is 48.3 Å². The summed E-state index contributed by atoms with van der Waals surface area (Å²) in [6, 6.07) is 9.31. The fourth-order valence-corrected chi connectivity index (χ4v) is 11.1. The molecule has 0 unspecified atom stereocenters. The van der Waals surface area contributed by atoms with Crippen molar-refractivity contribution >= 4 is 111 Å². The molecule has 3 aromatic carbocycles. The van der Waals surface area contributed by atoms with Crippen LogP contribution in [0.1, 0.15) is 40.9 Å². The molecular formula is C59H68N16O11S2. The predicted molar refractivity (Wildman–Crippen MR) is 329 cm³/mol. The molecule has 9 atom stereocenters. The third-order valence-corrected chi connectivity index (χ3v) is 16.1. The highest BCUT2D eigenvalue weighted by Gasteiger charge is 2.41. The summed E-state index contributed by atoms with van der Waals surface area (Å²) in [5.41, 5.74) is 10.8. The normalized spacial score (nSPS) is 15.9. The van der Waals surface area contributed by atoms with Crippen LogP contribution in [-0.2, 0) is 75.3 Å². The molecule has 9 rings (SSSR count). The lowest BCUT2D eigenvalue weighted by Crippen LogP contribution is -2.61. The number of carboxylic acid groups (broad SMARTS) is 1. The van der Waals surface area contributed by atoms with E-state index in [4.69, 9.17) is 5.73 Å². The fourth-order valence-electron chi connectivity index (χ4n) is 10.7. The highest BCUT2D eigenvalue weighted by molar-refractivity contribution is 7.80. The minimum absolute atomic E-state index is 0.0387. The van der Waals surface area contributed by atoms with Crippen molar-refractivity contribution in [1.82, 2.24) is 77.0 Å². The number of imidazole rings is 2. The Labute approximate surface area is 513 Å². The number of aliphatic hydroxyl groups excluding tert-OH is 1. The molecule has 8 amide bonds. The zero-order valence-corrected chi connectivity index (χ0v) is 49.1. The quantitative estimate of drug-likeness (QED) is 0.0269. The number of fused-ring (bicyclic) bond motifs is 3. The van der Waals surface area contributed by atoms with Crippen molar-refractivity contribution in [2.75, 3.05) is 24.7 Å². The highest BCUT2D eigenvalue weighted by atomic mass is 32.1. The molecular weight excluding hydrogens is 1170 g/mol. The van der Waals surface area contributed by atoms with Gasteiger partial charge in [0.05, 0.1) is 25.3 Å². The maximum Gasteiger partial charge on any atom is 0.327 e. The van der Waals surface area contributed by atoms with Crippen LogP contribution in [0.5, 0.6) is 0 Å². The van der Waals surface area contributed by atoms with E-state index in [-0.39, 0.29) is 56.6 Å². The van der Waals surface area contributed by atoms with Crippen LogP contribution in [0.4, 0.5) is 0 Å². The number of hydrogen-bond donors (Lipinski definition) is 17. The summed E-state index contributed by atoms with van der Waals surface area (Å²) >= 11 is 8.19. The Hall–Kier alpha value is -9.45. The number of carboxylic acids is 1. The lowest BCUT2D eigenvalue weighted by molar-refractivity contribution is -0.144. The van der Waals surface area contributed by atoms with Gasteiger partial charge in [0, 0.05) is 125 Å². The van der Waals surface area contributed by atoms with Crippen LogP contribution in [0.15, 0.2) is 116 Å². The number of amides is 8. The Bertz CT molecular complexity index is 3780. The second-order valence-corrected chi connectivity index (χ2v) is 22.1. The van der Waals surface area contributed by atoms with Crippen molar-refractivity contribution in [3.8, 4) is 0 Å². The standard InChI is InChI=1S/C59H68N16O11S2/c60-39(27-87)51(77)68-46(19-34-24-61-29-66-34)55(81)70-45(18-33-23-65-42-13-6-3-10-38(33)42)54(80)73-48(26-76)56(82)71-43(16-31-21-63-40-11-4-1-8-36(31)40)52(78)69-44(17-32-22-64-41-12-5-2-9-37(32)41)53(79)72-47(20-35-25-62-30-67-35)58(84)75-15-7-14-50(75)57(83)74-49(28-88)59(85)86/h1-6,8-13,21-25,29-30,39,43-50,63-65,76,87-88H,7,14-20,26-28,60H2,(H,61,66)(H,62,67)(H,68,77)(H,69,78)(H,70,81)(H,71,82)(H,72,79)(H,73,80)(H,74,83)(H,85,86)/t39-,43-,44-,45-,46-,47-,48-,49-,50-/m0/s1. The van der Waals surface area contributed by atoms with Crippen molar-refractivity contribution in [1.29, 1.82) is 0 Å². The second kappa shape index (κ2) is 29.3. The van der Waals surface area contributed by atoms with Gasteiger partial charge < -0.3 is 83.0 Å². The molecule has 27 nitrogen and oxygen atoms in total. The Morgan fingerprint density at radius 2 is 0.920 bits per heavy atom. The molecule has 88 heavy (non-hydrogen) atoms. The maximum absolute atomic E-state index is 15.2. The molecule has 0 saturated carbocycles. The zero-order chi connectivity index (χ0) is 62.4. The number of rotatable bonds is 29. The minimum Gasteiger partial charge on any atom is -0.480 e. The number of aromatic amines is 5. The van der Waals surface area contributed by atoms with Crippen molar-refractivity contribution in [3.05, 3.63) is 145 Å². The van der Waals surface area contributed by atoms with E-state index < -0.39 is 114 Å². The first-order valence-corrected chi connectivity index (χ1v) is 29.6. The van der Waals surface area contributed by atoms with E-state index in [0.717, 1.165) is 16.4 Å². The van der Waals surface area contributed by atoms with Crippen LogP contribution in [0.3, 0.4) is 0 Å². The van der Waals surface area contributed by atoms with Gasteiger partial charge >= 0.3 is 5.97 Å². The molecule has 5 aromatic heterocycles. The summed E-state index contributed by atoms with van der Waals surface area (Å²) in [6.07, 6.45) is 10.5. The van der Waals surface area contributed by atoms with Crippen molar-refractivity contribution < 1.29 is 53.4 Å². The van der Waals surface area contributed by atoms with Crippen LogP contribution in [0.2, 0.25) is 0 Å². The molecule has 1 fully saturated rings. The number of nitrogens with one attached hydrogen (secondary N) is 12. The van der Waals surface area contributed by atoms with Crippen LogP contribution >= 0.6 is 25.3 Å². The number of aliphatic carboxylic acids is 1. The van der Waals surface area contributed by atoms with E-state index in [1.807, 2.05) is 42.5 Å². The summed E-state index contributed by atoms with van der Waals surface area (Å²) < 4.78 is 0. The predicted octanol–water partition coefficient (Wildman–Crippen LogP) is -0.262. The Balaban J connectivity index is 1.00. The van der Waals surface area contributed by atoms with Crippen molar-refractivity contribution in [2.24, 2.45) is 5.73 Å². The number of aliphatic hydroxyl groups is 1. The van der Waals surface area contributed by atoms with Crippen LogP contribution in [0, 0.1) is 0 Å². The van der Waals surface area contributed by atoms with Gasteiger partial charge in [-0.15, -0.1) is 0 Å². The topological polar surface area (TPSA) is 412 Å². The largest absolute Gasteiger partial charge is 0.480 e. The number of aromatic nitrogens is 7. The highest BCUT2D eigenvalue weighted by Crippen LogP contribution is 2.24. The van der Waals surface area contributed by atoms with Crippen LogP contribution < -0.4 is 43.0 Å². The molecule has 1 aliphatic heterocycles. The molecule has 16 N–H and O–H groups in total. The first kappa shape index (κ1) is 63.1. The molecule has 6 heterocycles. The van der Waals surface area contributed by atoms with Gasteiger partial charge in [0.2, 0.25) is 47.3 Å². The molecule has 0 spiro atoms. The zero-order valence-electron chi connectivity index (χ0n) is 47.3. The number of nitrogens with two attached hydrogens (primary N) is 1. The van der Waals surface area contributed by atoms with Gasteiger partial charge in [-0.2, -0.15) is 25.3 Å². The molecule has 8 aromatic rings. The molecule has 1 aliphatic rings. The molecule has 462 valence electrons. The Kier molecular flexibility index (Phi) is 21.0. The van der Waals surface area contributed by atoms with Gasteiger partial charge in [-0.1, -0.05) is 54.6 Å². The number of carbonyl (C=O) groups excluding carboxylic acids is 8. The smallest absolute Gasteiger partial charge is 0.327 e. The van der Waals surface area contributed by atoms with Gasteiger partial charge in [-0.3, -0.25) is 38.4 Å². The molecule has 0 radical (unpaired) electrons. The van der Waals surface area contributed by atoms with Gasteiger partial charge in [-0.25, -0.2) is 14.8 Å². The number of hydrogen-bond acceptors (Lipinski definition) is 15. The van der Waals surface area contributed by atoms with Gasteiger partial charge in [0.15, 0.2) is 0 Å². The SMILES string of the molecule is N[C@@H](CS)C(=O)N[C@@H](Cc1cnc[nH]1)C(=O)N[C@@H](Cc1c[nH]c2ccccc12)C(=O)N[C@@H](CO)C(=O)N[C@@H](Cc1c[nH]c2ccccc12)C(=O)N[C@@H](Cc1c[nH]c2ccccc12)C(=O)N[C@@H](Cc1cnc[nH]1)C(=O)N1CCC[C@H]1C(=O)N[C@@H](CS)C(=O)O. The summed E-state index contributed by atoms with van der Waals surface area (Å²) in [5.74, 6) is -8.13. The molecule has 29 heteroatoms. The van der Waals surface area contributed by atoms with E-state index >= 15 is 9.59 Å². The number of thiol groups is 2. The summed E-state index contributed by atoms with van der Waals surface area (Å²) in [5, 5.41) is 41.5. The van der Waals surface area contributed by atoms with Crippen LogP contribution in [-0.4, -0.2) is 182 Å². The molecule has 0 bridgehead atoms.